The summed E-state index contributed by atoms with van der Waals surface area (Å²) in [6.45, 7) is 1.71. The Bertz CT molecular complexity index is 461. The highest BCUT2D eigenvalue weighted by Gasteiger charge is 2.34. The van der Waals surface area contributed by atoms with Crippen LogP contribution in [0.1, 0.15) is 18.1 Å². The molecule has 2 nitrogen and oxygen atoms in total. The summed E-state index contributed by atoms with van der Waals surface area (Å²) >= 11 is 11.3. The van der Waals surface area contributed by atoms with Crippen LogP contribution in [0.5, 0.6) is 0 Å². The molecule has 0 aromatic heterocycles. The van der Waals surface area contributed by atoms with Crippen molar-refractivity contribution in [2.75, 3.05) is 6.61 Å². The maximum Gasteiger partial charge on any atom is 0.416 e. The van der Waals surface area contributed by atoms with Crippen molar-refractivity contribution in [2.24, 2.45) is 0 Å². The van der Waals surface area contributed by atoms with E-state index in [2.05, 4.69) is 4.74 Å². The Morgan fingerprint density at radius 1 is 1.42 bits per heavy atom. The van der Waals surface area contributed by atoms with E-state index in [9.17, 15) is 18.0 Å². The Kier molecular flexibility index (Phi) is 5.50. The van der Waals surface area contributed by atoms with E-state index in [1.807, 2.05) is 0 Å². The number of carbonyl (C=O) groups is 1. The Hall–Kier alpha value is -0.940. The molecule has 1 rings (SSSR count). The van der Waals surface area contributed by atoms with Crippen LogP contribution in [0, 0.1) is 0 Å². The smallest absolute Gasteiger partial charge is 0.416 e. The first-order valence-electron chi connectivity index (χ1n) is 5.42. The van der Waals surface area contributed by atoms with Crippen LogP contribution in [-0.2, 0) is 22.1 Å². The highest BCUT2D eigenvalue weighted by molar-refractivity contribution is 6.31. The fourth-order valence-electron chi connectivity index (χ4n) is 1.50. The molecule has 0 radical (unpaired) electrons. The van der Waals surface area contributed by atoms with Gasteiger partial charge in [0, 0.05) is 11.4 Å². The molecule has 1 unspecified atom stereocenters. The molecule has 0 amide bonds. The molecular weight excluding hydrogens is 304 g/mol. The van der Waals surface area contributed by atoms with Gasteiger partial charge in [0.1, 0.15) is 5.38 Å². The van der Waals surface area contributed by atoms with E-state index in [1.54, 1.807) is 6.92 Å². The lowest BCUT2D eigenvalue weighted by molar-refractivity contribution is -0.143. The van der Waals surface area contributed by atoms with Crippen LogP contribution in [0.3, 0.4) is 0 Å². The molecule has 0 aliphatic rings. The molecule has 0 N–H and O–H groups in total. The summed E-state index contributed by atoms with van der Waals surface area (Å²) in [4.78, 5) is 11.3. The van der Waals surface area contributed by atoms with E-state index in [1.165, 1.54) is 12.1 Å². The Balaban J connectivity index is 2.98. The summed E-state index contributed by atoms with van der Waals surface area (Å²) in [5.41, 5.74) is -0.986. The van der Waals surface area contributed by atoms with Gasteiger partial charge in [-0.3, -0.25) is 4.79 Å². The van der Waals surface area contributed by atoms with Crippen molar-refractivity contribution in [1.29, 1.82) is 0 Å². The first-order valence-corrected chi connectivity index (χ1v) is 6.23. The van der Waals surface area contributed by atoms with Crippen LogP contribution in [0.4, 0.5) is 13.2 Å². The maximum atomic E-state index is 12.8. The molecule has 1 aromatic carbocycles. The van der Waals surface area contributed by atoms with Gasteiger partial charge in [0.25, 0.3) is 0 Å². The van der Waals surface area contributed by atoms with Gasteiger partial charge in [-0.25, -0.2) is 0 Å². The Morgan fingerprint density at radius 3 is 2.58 bits per heavy atom. The maximum absolute atomic E-state index is 12.8. The van der Waals surface area contributed by atoms with Gasteiger partial charge in [0.2, 0.25) is 0 Å². The number of carbonyl (C=O) groups excluding carboxylic acids is 1. The van der Waals surface area contributed by atoms with Gasteiger partial charge in [0.05, 0.1) is 12.2 Å². The minimum atomic E-state index is -4.55. The molecule has 0 spiro atoms. The molecule has 0 heterocycles. The second-order valence-electron chi connectivity index (χ2n) is 3.72. The zero-order valence-corrected chi connectivity index (χ0v) is 11.4. The van der Waals surface area contributed by atoms with Crippen molar-refractivity contribution < 1.29 is 22.7 Å². The van der Waals surface area contributed by atoms with Gasteiger partial charge in [-0.1, -0.05) is 17.7 Å². The lowest BCUT2D eigenvalue weighted by Gasteiger charge is -2.15. The molecule has 0 saturated carbocycles. The standard InChI is InChI=1S/C12H11Cl2F3O2/c1-2-19-11(18)10(14)5-7-3-4-8(13)6-9(7)12(15,16)17/h3-4,6,10H,2,5H2,1H3. The van der Waals surface area contributed by atoms with E-state index >= 15 is 0 Å². The number of ether oxygens (including phenoxy) is 1. The quantitative estimate of drug-likeness (QED) is 0.618. The highest BCUT2D eigenvalue weighted by Crippen LogP contribution is 2.34. The average Bonchev–Trinajstić information content (AvgIpc) is 2.30. The van der Waals surface area contributed by atoms with Gasteiger partial charge >= 0.3 is 12.1 Å². The Morgan fingerprint density at radius 2 is 2.05 bits per heavy atom. The second-order valence-corrected chi connectivity index (χ2v) is 4.69. The molecule has 0 saturated heterocycles. The normalized spacial score (nSPS) is 13.2. The van der Waals surface area contributed by atoms with Crippen molar-refractivity contribution in [1.82, 2.24) is 0 Å². The van der Waals surface area contributed by atoms with Crippen LogP contribution in [0.2, 0.25) is 5.02 Å². The van der Waals surface area contributed by atoms with Gasteiger partial charge in [-0.15, -0.1) is 11.6 Å². The third-order valence-corrected chi connectivity index (χ3v) is 2.89. The first-order chi connectivity index (χ1) is 8.75. The SMILES string of the molecule is CCOC(=O)C(Cl)Cc1ccc(Cl)cc1C(F)(F)F. The van der Waals surface area contributed by atoms with Crippen LogP contribution in [0.15, 0.2) is 18.2 Å². The minimum Gasteiger partial charge on any atom is -0.465 e. The lowest BCUT2D eigenvalue weighted by Crippen LogP contribution is -2.22. The fraction of sp³-hybridized carbons (Fsp3) is 0.417. The molecule has 19 heavy (non-hydrogen) atoms. The van der Waals surface area contributed by atoms with Gasteiger partial charge in [-0.05, 0) is 24.6 Å². The number of hydrogen-bond acceptors (Lipinski definition) is 2. The highest BCUT2D eigenvalue weighted by atomic mass is 35.5. The monoisotopic (exact) mass is 314 g/mol. The molecule has 1 atom stereocenters. The van der Waals surface area contributed by atoms with Crippen LogP contribution >= 0.6 is 23.2 Å². The molecule has 1 aromatic rings. The van der Waals surface area contributed by atoms with E-state index in [4.69, 9.17) is 23.2 Å². The summed E-state index contributed by atoms with van der Waals surface area (Å²) < 4.78 is 43.1. The fourth-order valence-corrected chi connectivity index (χ4v) is 1.90. The van der Waals surface area contributed by atoms with E-state index in [-0.39, 0.29) is 23.6 Å². The predicted molar refractivity (Wildman–Crippen MR) is 66.4 cm³/mol. The summed E-state index contributed by atoms with van der Waals surface area (Å²) in [6.07, 6.45) is -4.82. The summed E-state index contributed by atoms with van der Waals surface area (Å²) in [7, 11) is 0. The minimum absolute atomic E-state index is 0.0293. The molecule has 0 bridgehead atoms. The lowest BCUT2D eigenvalue weighted by atomic mass is 10.0. The van der Waals surface area contributed by atoms with Gasteiger partial charge in [0.15, 0.2) is 0 Å². The largest absolute Gasteiger partial charge is 0.465 e. The van der Waals surface area contributed by atoms with Crippen LogP contribution in [-0.4, -0.2) is 18.0 Å². The van der Waals surface area contributed by atoms with Gasteiger partial charge < -0.3 is 4.74 Å². The van der Waals surface area contributed by atoms with Crippen LogP contribution < -0.4 is 0 Å². The predicted octanol–water partition coefficient (Wildman–Crippen LogP) is 4.07. The number of rotatable bonds is 4. The summed E-state index contributed by atoms with van der Waals surface area (Å²) in [6, 6.07) is 3.34. The van der Waals surface area contributed by atoms with Crippen molar-refractivity contribution >= 4 is 29.2 Å². The third-order valence-electron chi connectivity index (χ3n) is 2.32. The van der Waals surface area contributed by atoms with E-state index < -0.39 is 23.1 Å². The second kappa shape index (κ2) is 6.48. The first kappa shape index (κ1) is 16.1. The zero-order valence-electron chi connectivity index (χ0n) is 9.93. The summed E-state index contributed by atoms with van der Waals surface area (Å²) in [5.74, 6) is -0.743. The molecule has 0 fully saturated rings. The molecule has 0 aliphatic heterocycles. The van der Waals surface area contributed by atoms with Crippen molar-refractivity contribution in [3.05, 3.63) is 34.3 Å². The number of hydrogen-bond donors (Lipinski definition) is 0. The van der Waals surface area contributed by atoms with Gasteiger partial charge in [-0.2, -0.15) is 13.2 Å². The third kappa shape index (κ3) is 4.58. The number of halogens is 5. The van der Waals surface area contributed by atoms with Crippen molar-refractivity contribution in [3.63, 3.8) is 0 Å². The molecule has 0 aliphatic carbocycles. The summed E-state index contributed by atoms with van der Waals surface area (Å²) in [5, 5.41) is -1.19. The Labute approximate surface area is 118 Å². The zero-order chi connectivity index (χ0) is 14.6. The number of esters is 1. The molecule has 7 heteroatoms. The van der Waals surface area contributed by atoms with Crippen molar-refractivity contribution in [2.45, 2.75) is 24.9 Å². The molecule has 106 valence electrons. The molecular formula is C12H11Cl2F3O2. The number of alkyl halides is 4. The topological polar surface area (TPSA) is 26.3 Å². The van der Waals surface area contributed by atoms with E-state index in [0.717, 1.165) is 6.07 Å². The van der Waals surface area contributed by atoms with Crippen LogP contribution in [0.25, 0.3) is 0 Å². The van der Waals surface area contributed by atoms with E-state index in [0.29, 0.717) is 0 Å². The van der Waals surface area contributed by atoms with Crippen molar-refractivity contribution in [3.8, 4) is 0 Å². The average molecular weight is 315 g/mol. The number of benzene rings is 1.